The Morgan fingerprint density at radius 1 is 1.19 bits per heavy atom. The summed E-state index contributed by atoms with van der Waals surface area (Å²) in [7, 11) is 0. The van der Waals surface area contributed by atoms with Crippen molar-refractivity contribution >= 4 is 11.8 Å². The summed E-state index contributed by atoms with van der Waals surface area (Å²) >= 11 is 1.61. The van der Waals surface area contributed by atoms with E-state index in [1.165, 1.54) is 38.5 Å². The summed E-state index contributed by atoms with van der Waals surface area (Å²) in [6.07, 6.45) is 7.73. The third kappa shape index (κ3) is 4.47. The molecule has 0 aliphatic heterocycles. The fraction of sp³-hybridized carbons (Fsp3) is 0.750. The summed E-state index contributed by atoms with van der Waals surface area (Å²) in [5.41, 5.74) is -0.0894. The number of thioether (sulfide) groups is 1. The van der Waals surface area contributed by atoms with E-state index in [4.69, 9.17) is 4.52 Å². The molecule has 0 aliphatic rings. The molecule has 0 fully saturated rings. The number of H-pyrrole nitrogens is 1. The second-order valence-electron chi connectivity index (χ2n) is 4.03. The van der Waals surface area contributed by atoms with Crippen LogP contribution in [0.15, 0.2) is 14.2 Å². The largest absolute Gasteiger partial charge is 0.383 e. The van der Waals surface area contributed by atoms with E-state index < -0.39 is 0 Å². The Kier molecular flexibility index (Phi) is 6.38. The van der Waals surface area contributed by atoms with Crippen molar-refractivity contribution in [3.8, 4) is 0 Å². The first-order valence-electron chi connectivity index (χ1n) is 6.06. The zero-order valence-electron chi connectivity index (χ0n) is 10.2. The lowest BCUT2D eigenvalue weighted by molar-refractivity contribution is 0.390. The average molecular weight is 243 g/mol. The molecule has 16 heavy (non-hydrogen) atoms. The standard InChI is InChI=1S/C12H21NO2S/c1-3-4-5-6-7-8-9-16-11-10(2)15-13-12(11)14/h3-9H2,1-2H3,(H,13,14). The molecule has 0 saturated heterocycles. The van der Waals surface area contributed by atoms with Crippen LogP contribution in [0.25, 0.3) is 0 Å². The van der Waals surface area contributed by atoms with E-state index >= 15 is 0 Å². The van der Waals surface area contributed by atoms with E-state index in [2.05, 4.69) is 12.1 Å². The molecule has 92 valence electrons. The predicted octanol–water partition coefficient (Wildman–Crippen LogP) is 3.73. The van der Waals surface area contributed by atoms with E-state index in [9.17, 15) is 4.79 Å². The number of rotatable bonds is 8. The molecular formula is C12H21NO2S. The number of nitrogens with one attached hydrogen (secondary N) is 1. The van der Waals surface area contributed by atoms with E-state index in [0.29, 0.717) is 5.76 Å². The fourth-order valence-corrected chi connectivity index (χ4v) is 2.57. The van der Waals surface area contributed by atoms with Gasteiger partial charge in [-0.3, -0.25) is 4.79 Å². The van der Waals surface area contributed by atoms with Crippen LogP contribution in [0.5, 0.6) is 0 Å². The third-order valence-corrected chi connectivity index (χ3v) is 3.82. The van der Waals surface area contributed by atoms with Gasteiger partial charge < -0.3 is 4.52 Å². The van der Waals surface area contributed by atoms with Gasteiger partial charge in [-0.2, -0.15) is 5.16 Å². The summed E-state index contributed by atoms with van der Waals surface area (Å²) in [6, 6.07) is 0. The molecule has 0 radical (unpaired) electrons. The summed E-state index contributed by atoms with van der Waals surface area (Å²) in [5.74, 6) is 1.72. The monoisotopic (exact) mass is 243 g/mol. The molecule has 1 aromatic rings. The molecule has 1 heterocycles. The lowest BCUT2D eigenvalue weighted by atomic mass is 10.1. The van der Waals surface area contributed by atoms with Gasteiger partial charge in [0, 0.05) is 0 Å². The van der Waals surface area contributed by atoms with E-state index in [-0.39, 0.29) is 5.56 Å². The Hall–Kier alpha value is -0.640. The molecule has 1 N–H and O–H groups in total. The van der Waals surface area contributed by atoms with Gasteiger partial charge in [-0.25, -0.2) is 0 Å². The van der Waals surface area contributed by atoms with Crippen LogP contribution in [0.4, 0.5) is 0 Å². The molecular weight excluding hydrogens is 222 g/mol. The molecule has 0 unspecified atom stereocenters. The second-order valence-corrected chi connectivity index (χ2v) is 5.14. The van der Waals surface area contributed by atoms with Crippen molar-refractivity contribution in [2.75, 3.05) is 5.75 Å². The van der Waals surface area contributed by atoms with Gasteiger partial charge in [0.25, 0.3) is 5.56 Å². The third-order valence-electron chi connectivity index (χ3n) is 2.57. The normalized spacial score (nSPS) is 10.9. The van der Waals surface area contributed by atoms with Crippen molar-refractivity contribution in [3.63, 3.8) is 0 Å². The van der Waals surface area contributed by atoms with Gasteiger partial charge in [-0.05, 0) is 19.1 Å². The lowest BCUT2D eigenvalue weighted by Crippen LogP contribution is -2.00. The maximum Gasteiger partial charge on any atom is 0.293 e. The minimum atomic E-state index is -0.0894. The molecule has 0 spiro atoms. The fourth-order valence-electron chi connectivity index (χ4n) is 1.60. The van der Waals surface area contributed by atoms with Crippen molar-refractivity contribution in [1.29, 1.82) is 0 Å². The highest BCUT2D eigenvalue weighted by Crippen LogP contribution is 2.19. The van der Waals surface area contributed by atoms with Gasteiger partial charge >= 0.3 is 0 Å². The van der Waals surface area contributed by atoms with Gasteiger partial charge in [0.15, 0.2) is 0 Å². The maximum absolute atomic E-state index is 11.3. The smallest absolute Gasteiger partial charge is 0.293 e. The van der Waals surface area contributed by atoms with Gasteiger partial charge in [-0.15, -0.1) is 11.8 Å². The van der Waals surface area contributed by atoms with E-state index in [0.717, 1.165) is 10.6 Å². The van der Waals surface area contributed by atoms with E-state index in [1.807, 2.05) is 6.92 Å². The summed E-state index contributed by atoms with van der Waals surface area (Å²) in [5, 5.41) is 2.35. The molecule has 0 aliphatic carbocycles. The highest BCUT2D eigenvalue weighted by molar-refractivity contribution is 7.99. The quantitative estimate of drug-likeness (QED) is 0.559. The predicted molar refractivity (Wildman–Crippen MR) is 68.2 cm³/mol. The number of unbranched alkanes of at least 4 members (excludes halogenated alkanes) is 5. The highest BCUT2D eigenvalue weighted by atomic mass is 32.2. The molecule has 4 heteroatoms. The molecule has 3 nitrogen and oxygen atoms in total. The molecule has 0 bridgehead atoms. The zero-order chi connectivity index (χ0) is 11.8. The van der Waals surface area contributed by atoms with Crippen LogP contribution in [0.3, 0.4) is 0 Å². The first-order chi connectivity index (χ1) is 7.75. The summed E-state index contributed by atoms with van der Waals surface area (Å²) in [6.45, 7) is 4.05. The van der Waals surface area contributed by atoms with Crippen LogP contribution < -0.4 is 5.56 Å². The first kappa shape index (κ1) is 13.4. The number of aromatic amines is 1. The summed E-state index contributed by atoms with van der Waals surface area (Å²) < 4.78 is 4.95. The number of hydrogen-bond donors (Lipinski definition) is 1. The number of aromatic nitrogens is 1. The van der Waals surface area contributed by atoms with Crippen molar-refractivity contribution in [3.05, 3.63) is 16.1 Å². The van der Waals surface area contributed by atoms with Crippen LogP contribution in [0.1, 0.15) is 51.2 Å². The zero-order valence-corrected chi connectivity index (χ0v) is 11.0. The Labute approximate surface area is 101 Å². The Bertz CT molecular complexity index is 343. The van der Waals surface area contributed by atoms with Gasteiger partial charge in [0.05, 0.1) is 0 Å². The average Bonchev–Trinajstić information content (AvgIpc) is 2.59. The van der Waals surface area contributed by atoms with Crippen LogP contribution >= 0.6 is 11.8 Å². The Morgan fingerprint density at radius 3 is 2.50 bits per heavy atom. The molecule has 0 atom stereocenters. The maximum atomic E-state index is 11.3. The summed E-state index contributed by atoms with van der Waals surface area (Å²) in [4.78, 5) is 12.0. The minimum absolute atomic E-state index is 0.0894. The molecule has 0 aromatic carbocycles. The van der Waals surface area contributed by atoms with Gasteiger partial charge in [0.1, 0.15) is 10.7 Å². The molecule has 0 saturated carbocycles. The molecule has 0 amide bonds. The topological polar surface area (TPSA) is 46.0 Å². The highest BCUT2D eigenvalue weighted by Gasteiger charge is 2.07. The van der Waals surface area contributed by atoms with Crippen molar-refractivity contribution in [2.45, 2.75) is 57.3 Å². The minimum Gasteiger partial charge on any atom is -0.383 e. The SMILES string of the molecule is CCCCCCCCSc1c(C)o[nH]c1=O. The van der Waals surface area contributed by atoms with Crippen molar-refractivity contribution in [2.24, 2.45) is 0 Å². The van der Waals surface area contributed by atoms with Crippen molar-refractivity contribution < 1.29 is 4.52 Å². The molecule has 1 aromatic heterocycles. The second kappa shape index (κ2) is 7.60. The van der Waals surface area contributed by atoms with Crippen molar-refractivity contribution in [1.82, 2.24) is 5.16 Å². The van der Waals surface area contributed by atoms with Crippen LogP contribution in [-0.4, -0.2) is 10.9 Å². The lowest BCUT2D eigenvalue weighted by Gasteiger charge is -1.99. The molecule has 1 rings (SSSR count). The van der Waals surface area contributed by atoms with Crippen LogP contribution in [0.2, 0.25) is 0 Å². The first-order valence-corrected chi connectivity index (χ1v) is 7.05. The Balaban J connectivity index is 2.10. The number of aryl methyl sites for hydroxylation is 1. The van der Waals surface area contributed by atoms with Gasteiger partial charge in [-0.1, -0.05) is 39.0 Å². The number of hydrogen-bond acceptors (Lipinski definition) is 3. The Morgan fingerprint density at radius 2 is 1.88 bits per heavy atom. The van der Waals surface area contributed by atoms with Crippen LogP contribution in [0, 0.1) is 6.92 Å². The van der Waals surface area contributed by atoms with E-state index in [1.54, 1.807) is 11.8 Å². The van der Waals surface area contributed by atoms with Gasteiger partial charge in [0.2, 0.25) is 0 Å². The van der Waals surface area contributed by atoms with Crippen LogP contribution in [-0.2, 0) is 0 Å².